The summed E-state index contributed by atoms with van der Waals surface area (Å²) in [7, 11) is 0. The van der Waals surface area contributed by atoms with Crippen LogP contribution in [-0.2, 0) is 14.3 Å². The molecule has 2 aliphatic carbocycles. The normalized spacial score (nSPS) is 27.6. The van der Waals surface area contributed by atoms with Gasteiger partial charge in [0.05, 0.1) is 18.7 Å². The van der Waals surface area contributed by atoms with Crippen LogP contribution in [0.5, 0.6) is 0 Å². The summed E-state index contributed by atoms with van der Waals surface area (Å²) in [5, 5.41) is 10.3. The van der Waals surface area contributed by atoms with E-state index in [1.807, 2.05) is 0 Å². The average molecular weight is 290 g/mol. The van der Waals surface area contributed by atoms with E-state index in [1.165, 1.54) is 19.3 Å². The topological polar surface area (TPSA) is 66.4 Å². The minimum absolute atomic E-state index is 0. The third kappa shape index (κ3) is 5.47. The Hall–Kier alpha value is 0.1000. The van der Waals surface area contributed by atoms with E-state index in [4.69, 9.17) is 4.74 Å². The number of carboxylic acid groups (broad SMARTS) is 1. The molecule has 2 aliphatic rings. The second kappa shape index (κ2) is 9.19. The molecule has 0 amide bonds. The number of hydrogen-bond donors (Lipinski definition) is 0. The number of Topliss-reactive ketones (excluding diaryl/α,β-unsaturated/α-hetero) is 1. The summed E-state index contributed by atoms with van der Waals surface area (Å²) in [5.41, 5.74) is 0. The molecule has 0 saturated heterocycles. The number of carbonyl (C=O) groups excluding carboxylic acids is 2. The standard InChI is InChI=1S/C15H24O4.Na/c16-14(17)10-19-13-8-6-12(7-9-13)15(18)11-4-2-1-3-5-11;/h11-13H,1-10H2,(H,16,17);/q;+1/p-1. The van der Waals surface area contributed by atoms with Crippen LogP contribution in [0.15, 0.2) is 0 Å². The van der Waals surface area contributed by atoms with Crippen molar-refractivity contribution in [1.29, 1.82) is 0 Å². The van der Waals surface area contributed by atoms with E-state index in [9.17, 15) is 14.7 Å². The zero-order valence-electron chi connectivity index (χ0n) is 12.4. The monoisotopic (exact) mass is 290 g/mol. The molecule has 0 radical (unpaired) electrons. The predicted octanol–water partition coefficient (Wildman–Crippen LogP) is -1.53. The molecule has 2 saturated carbocycles. The first-order valence-corrected chi connectivity index (χ1v) is 7.52. The van der Waals surface area contributed by atoms with E-state index in [-0.39, 0.29) is 48.2 Å². The maximum atomic E-state index is 12.4. The van der Waals surface area contributed by atoms with Crippen molar-refractivity contribution in [3.63, 3.8) is 0 Å². The largest absolute Gasteiger partial charge is 1.00 e. The summed E-state index contributed by atoms with van der Waals surface area (Å²) in [4.78, 5) is 22.7. The molecule has 0 bridgehead atoms. The number of aliphatic carboxylic acids is 1. The molecule has 0 aromatic heterocycles. The fourth-order valence-corrected chi connectivity index (χ4v) is 3.42. The summed E-state index contributed by atoms with van der Waals surface area (Å²) >= 11 is 0. The SMILES string of the molecule is O=C([O-])COC1CCC(C(=O)C2CCCCC2)CC1.[Na+]. The summed E-state index contributed by atoms with van der Waals surface area (Å²) < 4.78 is 5.24. The number of ketones is 1. The summed E-state index contributed by atoms with van der Waals surface area (Å²) in [6, 6.07) is 0. The zero-order valence-corrected chi connectivity index (χ0v) is 14.4. The zero-order chi connectivity index (χ0) is 13.7. The van der Waals surface area contributed by atoms with E-state index in [0.29, 0.717) is 11.7 Å². The van der Waals surface area contributed by atoms with Gasteiger partial charge in [-0.3, -0.25) is 4.79 Å². The Kier molecular flexibility index (Phi) is 8.34. The molecule has 0 spiro atoms. The van der Waals surface area contributed by atoms with E-state index >= 15 is 0 Å². The molecule has 0 heterocycles. The fraction of sp³-hybridized carbons (Fsp3) is 0.867. The van der Waals surface area contributed by atoms with Gasteiger partial charge in [0.2, 0.25) is 0 Å². The van der Waals surface area contributed by atoms with Gasteiger partial charge in [-0.15, -0.1) is 0 Å². The van der Waals surface area contributed by atoms with Gasteiger partial charge in [0.1, 0.15) is 5.78 Å². The van der Waals surface area contributed by atoms with Crippen molar-refractivity contribution in [3.8, 4) is 0 Å². The van der Waals surface area contributed by atoms with Crippen LogP contribution in [-0.4, -0.2) is 24.5 Å². The van der Waals surface area contributed by atoms with Gasteiger partial charge in [0.15, 0.2) is 0 Å². The van der Waals surface area contributed by atoms with Crippen LogP contribution in [0.2, 0.25) is 0 Å². The molecule has 0 unspecified atom stereocenters. The Morgan fingerprint density at radius 2 is 1.45 bits per heavy atom. The average Bonchev–Trinajstić information content (AvgIpc) is 2.46. The maximum Gasteiger partial charge on any atom is 1.00 e. The van der Waals surface area contributed by atoms with Crippen LogP contribution < -0.4 is 34.7 Å². The van der Waals surface area contributed by atoms with Crippen LogP contribution in [0.4, 0.5) is 0 Å². The summed E-state index contributed by atoms with van der Waals surface area (Å²) in [6.07, 6.45) is 9.11. The van der Waals surface area contributed by atoms with E-state index in [2.05, 4.69) is 0 Å². The van der Waals surface area contributed by atoms with Crippen molar-refractivity contribution in [2.75, 3.05) is 6.61 Å². The Labute approximate surface area is 142 Å². The van der Waals surface area contributed by atoms with Gasteiger partial charge in [-0.05, 0) is 38.5 Å². The van der Waals surface area contributed by atoms with Gasteiger partial charge in [0, 0.05) is 11.8 Å². The quantitative estimate of drug-likeness (QED) is 0.576. The molecule has 0 aromatic rings. The fourth-order valence-electron chi connectivity index (χ4n) is 3.42. The second-order valence-corrected chi connectivity index (χ2v) is 5.89. The van der Waals surface area contributed by atoms with Gasteiger partial charge in [-0.2, -0.15) is 0 Å². The number of carboxylic acids is 1. The van der Waals surface area contributed by atoms with E-state index in [0.717, 1.165) is 38.5 Å². The molecule has 5 heteroatoms. The number of rotatable bonds is 5. The van der Waals surface area contributed by atoms with Crippen molar-refractivity contribution < 1.29 is 49.0 Å². The Morgan fingerprint density at radius 1 is 0.900 bits per heavy atom. The molecule has 2 rings (SSSR count). The van der Waals surface area contributed by atoms with Gasteiger partial charge >= 0.3 is 29.6 Å². The molecule has 2 fully saturated rings. The van der Waals surface area contributed by atoms with Crippen LogP contribution in [0.25, 0.3) is 0 Å². The first-order valence-electron chi connectivity index (χ1n) is 7.52. The molecule has 0 N–H and O–H groups in total. The number of ether oxygens (including phenoxy) is 1. The van der Waals surface area contributed by atoms with Crippen LogP contribution in [0.3, 0.4) is 0 Å². The first kappa shape index (κ1) is 18.1. The van der Waals surface area contributed by atoms with Gasteiger partial charge < -0.3 is 14.6 Å². The maximum absolute atomic E-state index is 12.4. The first-order chi connectivity index (χ1) is 9.16. The number of hydrogen-bond acceptors (Lipinski definition) is 4. The van der Waals surface area contributed by atoms with Gasteiger partial charge in [0.25, 0.3) is 0 Å². The second-order valence-electron chi connectivity index (χ2n) is 5.89. The van der Waals surface area contributed by atoms with Crippen LogP contribution in [0.1, 0.15) is 57.8 Å². The summed E-state index contributed by atoms with van der Waals surface area (Å²) in [6.45, 7) is -0.327. The Balaban J connectivity index is 0.00000200. The number of carbonyl (C=O) groups is 2. The molecule has 108 valence electrons. The molecule has 0 aliphatic heterocycles. The van der Waals surface area contributed by atoms with E-state index in [1.54, 1.807) is 0 Å². The molecular weight excluding hydrogens is 267 g/mol. The van der Waals surface area contributed by atoms with Crippen molar-refractivity contribution >= 4 is 11.8 Å². The summed E-state index contributed by atoms with van der Waals surface area (Å²) in [5.74, 6) is -0.233. The minimum Gasteiger partial charge on any atom is -0.548 e. The van der Waals surface area contributed by atoms with Gasteiger partial charge in [-0.1, -0.05) is 19.3 Å². The molecule has 0 atom stereocenters. The van der Waals surface area contributed by atoms with E-state index < -0.39 is 5.97 Å². The predicted molar refractivity (Wildman–Crippen MR) is 68.3 cm³/mol. The van der Waals surface area contributed by atoms with Crippen molar-refractivity contribution in [2.24, 2.45) is 11.8 Å². The Bertz CT molecular complexity index is 318. The third-order valence-corrected chi connectivity index (χ3v) is 4.52. The van der Waals surface area contributed by atoms with Crippen molar-refractivity contribution in [1.82, 2.24) is 0 Å². The molecular formula is C15H23NaO4. The molecule has 0 aromatic carbocycles. The molecule has 20 heavy (non-hydrogen) atoms. The third-order valence-electron chi connectivity index (χ3n) is 4.52. The minimum atomic E-state index is -1.17. The van der Waals surface area contributed by atoms with Crippen LogP contribution >= 0.6 is 0 Å². The smallest absolute Gasteiger partial charge is 0.548 e. The molecule has 4 nitrogen and oxygen atoms in total. The van der Waals surface area contributed by atoms with Crippen molar-refractivity contribution in [3.05, 3.63) is 0 Å². The van der Waals surface area contributed by atoms with Crippen molar-refractivity contribution in [2.45, 2.75) is 63.9 Å². The van der Waals surface area contributed by atoms with Gasteiger partial charge in [-0.25, -0.2) is 0 Å². The van der Waals surface area contributed by atoms with Crippen LogP contribution in [0, 0.1) is 11.8 Å². The Morgan fingerprint density at radius 3 is 2.00 bits per heavy atom.